The van der Waals surface area contributed by atoms with Gasteiger partial charge in [0.05, 0.1) is 0 Å². The van der Waals surface area contributed by atoms with E-state index in [9.17, 15) is 4.79 Å². The number of aliphatic hydroxyl groups is 4. The summed E-state index contributed by atoms with van der Waals surface area (Å²) in [6, 6.07) is 0. The second-order valence-electron chi connectivity index (χ2n) is 2.76. The number of rotatable bonds is 1. The molecule has 5 N–H and O–H groups in total. The fourth-order valence-corrected chi connectivity index (χ4v) is 1.07. The highest BCUT2D eigenvalue weighted by Gasteiger charge is 2.46. The van der Waals surface area contributed by atoms with Gasteiger partial charge in [0.15, 0.2) is 12.4 Å². The van der Waals surface area contributed by atoms with Gasteiger partial charge in [0.2, 0.25) is 0 Å². The van der Waals surface area contributed by atoms with Crippen LogP contribution in [0, 0.1) is 0 Å². The molecule has 5 atom stereocenters. The molecule has 7 nitrogen and oxygen atoms in total. The Hall–Kier alpha value is -0.730. The van der Waals surface area contributed by atoms with E-state index in [4.69, 9.17) is 25.5 Å². The first-order valence-electron chi connectivity index (χ1n) is 3.55. The Balaban J connectivity index is 2.76. The summed E-state index contributed by atoms with van der Waals surface area (Å²) < 4.78 is 4.34. The molecule has 1 aliphatic heterocycles. The highest BCUT2D eigenvalue weighted by Crippen LogP contribution is 2.19. The molecule has 1 heterocycles. The van der Waals surface area contributed by atoms with Gasteiger partial charge in [-0.1, -0.05) is 0 Å². The summed E-state index contributed by atoms with van der Waals surface area (Å²) in [7, 11) is 0. The molecule has 7 heteroatoms. The Morgan fingerprint density at radius 3 is 2.00 bits per heavy atom. The van der Waals surface area contributed by atoms with E-state index in [0.717, 1.165) is 0 Å². The SMILES string of the molecule is O=C(O)C1O[C@@H](O)[C@H](O)C(O)[C@@H]1O. The van der Waals surface area contributed by atoms with E-state index in [0.29, 0.717) is 0 Å². The fourth-order valence-electron chi connectivity index (χ4n) is 1.07. The van der Waals surface area contributed by atoms with Crippen molar-refractivity contribution in [3.8, 4) is 0 Å². The molecule has 76 valence electrons. The van der Waals surface area contributed by atoms with Crippen LogP contribution in [0.4, 0.5) is 0 Å². The van der Waals surface area contributed by atoms with Crippen molar-refractivity contribution in [2.24, 2.45) is 0 Å². The van der Waals surface area contributed by atoms with E-state index >= 15 is 0 Å². The van der Waals surface area contributed by atoms with E-state index in [-0.39, 0.29) is 0 Å². The molecule has 13 heavy (non-hydrogen) atoms. The van der Waals surface area contributed by atoms with Crippen LogP contribution in [0.3, 0.4) is 0 Å². The monoisotopic (exact) mass is 194 g/mol. The fraction of sp³-hybridized carbons (Fsp3) is 0.833. The van der Waals surface area contributed by atoms with Crippen LogP contribution in [0.5, 0.6) is 0 Å². The van der Waals surface area contributed by atoms with Crippen LogP contribution >= 0.6 is 0 Å². The van der Waals surface area contributed by atoms with Crippen LogP contribution in [0.1, 0.15) is 0 Å². The predicted octanol–water partition coefficient (Wildman–Crippen LogP) is -3.13. The molecule has 0 amide bonds. The van der Waals surface area contributed by atoms with Crippen LogP contribution in [-0.4, -0.2) is 62.2 Å². The maximum Gasteiger partial charge on any atom is 0.335 e. The van der Waals surface area contributed by atoms with Crippen LogP contribution in [-0.2, 0) is 9.53 Å². The molecule has 0 aromatic carbocycles. The zero-order valence-electron chi connectivity index (χ0n) is 6.44. The Labute approximate surface area is 72.8 Å². The van der Waals surface area contributed by atoms with Gasteiger partial charge >= 0.3 is 5.97 Å². The summed E-state index contributed by atoms with van der Waals surface area (Å²) in [5.41, 5.74) is 0. The van der Waals surface area contributed by atoms with Crippen LogP contribution in [0.2, 0.25) is 0 Å². The number of carbonyl (C=O) groups is 1. The minimum atomic E-state index is -1.81. The standard InChI is InChI=1S/C6H10O7/c7-1-2(8)4(5(10)11)13-6(12)3(1)9/h1-4,6-9,12H,(H,10,11)/t1?,2-,3+,4?,6+/m0/s1. The van der Waals surface area contributed by atoms with Gasteiger partial charge in [0.1, 0.15) is 18.3 Å². The lowest BCUT2D eigenvalue weighted by molar-refractivity contribution is -0.279. The number of aliphatic carboxylic acids is 1. The number of hydrogen-bond acceptors (Lipinski definition) is 6. The molecule has 0 saturated carbocycles. The van der Waals surface area contributed by atoms with Crippen LogP contribution < -0.4 is 0 Å². The van der Waals surface area contributed by atoms with E-state index < -0.39 is 36.7 Å². The predicted molar refractivity (Wildman–Crippen MR) is 36.5 cm³/mol. The lowest BCUT2D eigenvalue weighted by atomic mass is 9.99. The van der Waals surface area contributed by atoms with Crippen LogP contribution in [0.25, 0.3) is 0 Å². The first-order chi connectivity index (χ1) is 5.95. The summed E-state index contributed by atoms with van der Waals surface area (Å²) in [6.45, 7) is 0. The van der Waals surface area contributed by atoms with Gasteiger partial charge in [-0.2, -0.15) is 0 Å². The molecule has 1 saturated heterocycles. The highest BCUT2D eigenvalue weighted by atomic mass is 16.6. The average molecular weight is 194 g/mol. The second kappa shape index (κ2) is 3.56. The molecule has 1 aliphatic rings. The molecule has 0 aromatic heterocycles. The summed E-state index contributed by atoms with van der Waals surface area (Å²) >= 11 is 0. The number of carboxylic acid groups (broad SMARTS) is 1. The zero-order chi connectivity index (χ0) is 10.2. The summed E-state index contributed by atoms with van der Waals surface area (Å²) in [5.74, 6) is -1.52. The highest BCUT2D eigenvalue weighted by molar-refractivity contribution is 5.73. The lowest BCUT2D eigenvalue weighted by Crippen LogP contribution is -2.59. The van der Waals surface area contributed by atoms with Crippen molar-refractivity contribution in [2.45, 2.75) is 30.7 Å². The molecule has 0 aromatic rings. The number of ether oxygens (including phenoxy) is 1. The normalized spacial score (nSPS) is 46.0. The molecule has 1 fully saturated rings. The van der Waals surface area contributed by atoms with Crippen molar-refractivity contribution in [3.05, 3.63) is 0 Å². The van der Waals surface area contributed by atoms with Crippen LogP contribution in [0.15, 0.2) is 0 Å². The summed E-state index contributed by atoms with van der Waals surface area (Å²) in [5, 5.41) is 44.4. The third-order valence-corrected chi connectivity index (χ3v) is 1.83. The van der Waals surface area contributed by atoms with Crippen molar-refractivity contribution in [3.63, 3.8) is 0 Å². The summed E-state index contributed by atoms with van der Waals surface area (Å²) in [4.78, 5) is 10.4. The smallest absolute Gasteiger partial charge is 0.335 e. The first-order valence-corrected chi connectivity index (χ1v) is 3.55. The van der Waals surface area contributed by atoms with Gasteiger partial charge in [-0.05, 0) is 0 Å². The molecule has 2 unspecified atom stereocenters. The molecular formula is C6H10O7. The van der Waals surface area contributed by atoms with Crippen molar-refractivity contribution >= 4 is 5.97 Å². The largest absolute Gasteiger partial charge is 0.479 e. The van der Waals surface area contributed by atoms with E-state index in [2.05, 4.69) is 4.74 Å². The number of aliphatic hydroxyl groups excluding tert-OH is 4. The number of hydrogen-bond donors (Lipinski definition) is 5. The quantitative estimate of drug-likeness (QED) is 0.298. The second-order valence-corrected chi connectivity index (χ2v) is 2.76. The maximum atomic E-state index is 10.4. The lowest BCUT2D eigenvalue weighted by Gasteiger charge is -2.36. The maximum absolute atomic E-state index is 10.4. The van der Waals surface area contributed by atoms with Crippen molar-refractivity contribution in [1.82, 2.24) is 0 Å². The van der Waals surface area contributed by atoms with Gasteiger partial charge < -0.3 is 30.3 Å². The topological polar surface area (TPSA) is 127 Å². The molecule has 0 aliphatic carbocycles. The van der Waals surface area contributed by atoms with Gasteiger partial charge in [0.25, 0.3) is 0 Å². The Kier molecular flexibility index (Phi) is 2.84. The van der Waals surface area contributed by atoms with Crippen molar-refractivity contribution < 1.29 is 35.1 Å². The third kappa shape index (κ3) is 1.79. The Bertz CT molecular complexity index is 205. The molecule has 0 spiro atoms. The first kappa shape index (κ1) is 10.4. The minimum Gasteiger partial charge on any atom is -0.479 e. The third-order valence-electron chi connectivity index (χ3n) is 1.83. The number of carboxylic acids is 1. The summed E-state index contributed by atoms with van der Waals surface area (Å²) in [6.07, 6.45) is -8.72. The molecule has 1 rings (SSSR count). The van der Waals surface area contributed by atoms with Gasteiger partial charge in [-0.3, -0.25) is 0 Å². The Morgan fingerprint density at radius 2 is 1.54 bits per heavy atom. The van der Waals surface area contributed by atoms with Gasteiger partial charge in [-0.15, -0.1) is 0 Å². The molecule has 0 radical (unpaired) electrons. The molecular weight excluding hydrogens is 184 g/mol. The van der Waals surface area contributed by atoms with Crippen molar-refractivity contribution in [2.75, 3.05) is 0 Å². The van der Waals surface area contributed by atoms with Gasteiger partial charge in [0, 0.05) is 0 Å². The van der Waals surface area contributed by atoms with E-state index in [1.807, 2.05) is 0 Å². The average Bonchev–Trinajstić information content (AvgIpc) is 2.07. The van der Waals surface area contributed by atoms with Gasteiger partial charge in [-0.25, -0.2) is 4.79 Å². The van der Waals surface area contributed by atoms with E-state index in [1.54, 1.807) is 0 Å². The minimum absolute atomic E-state index is 1.52. The van der Waals surface area contributed by atoms with Crippen molar-refractivity contribution in [1.29, 1.82) is 0 Å². The van der Waals surface area contributed by atoms with E-state index in [1.165, 1.54) is 0 Å². The Morgan fingerprint density at radius 1 is 1.00 bits per heavy atom. The zero-order valence-corrected chi connectivity index (χ0v) is 6.44. The molecule has 0 bridgehead atoms.